The average Bonchev–Trinajstić information content (AvgIpc) is 3.13. The molecule has 0 saturated carbocycles. The third-order valence-electron chi connectivity index (χ3n) is 5.41. The van der Waals surface area contributed by atoms with Crippen LogP contribution >= 0.6 is 11.8 Å². The topological polar surface area (TPSA) is 71.0 Å². The summed E-state index contributed by atoms with van der Waals surface area (Å²) < 4.78 is 1.59. The van der Waals surface area contributed by atoms with Crippen molar-refractivity contribution >= 4 is 28.6 Å². The summed E-state index contributed by atoms with van der Waals surface area (Å²) in [6.45, 7) is 1.92. The molecule has 5 rings (SSSR count). The number of nitrogens with zero attached hydrogens (tertiary/aromatic N) is 3. The second-order valence-corrected chi connectivity index (χ2v) is 8.37. The van der Waals surface area contributed by atoms with Gasteiger partial charge in [-0.15, -0.1) is 0 Å². The van der Waals surface area contributed by atoms with Gasteiger partial charge in [0.05, 0.1) is 12.2 Å². The van der Waals surface area contributed by atoms with Crippen molar-refractivity contribution in [3.63, 3.8) is 0 Å². The van der Waals surface area contributed by atoms with Crippen LogP contribution in [0, 0.1) is 5.92 Å². The van der Waals surface area contributed by atoms with Crippen LogP contribution in [0.3, 0.4) is 0 Å². The van der Waals surface area contributed by atoms with Crippen LogP contribution in [0.2, 0.25) is 0 Å². The van der Waals surface area contributed by atoms with Gasteiger partial charge in [-0.25, -0.2) is 4.68 Å². The Morgan fingerprint density at radius 2 is 2.19 bits per heavy atom. The van der Waals surface area contributed by atoms with Gasteiger partial charge in [-0.3, -0.25) is 9.59 Å². The number of rotatable bonds is 3. The molecule has 27 heavy (non-hydrogen) atoms. The van der Waals surface area contributed by atoms with Gasteiger partial charge < -0.3 is 9.88 Å². The molecule has 138 valence electrons. The molecule has 0 spiro atoms. The normalized spacial score (nSPS) is 17.0. The van der Waals surface area contributed by atoms with Crippen molar-refractivity contribution in [2.45, 2.75) is 18.7 Å². The molecule has 3 aromatic rings. The molecule has 6 nitrogen and oxygen atoms in total. The lowest BCUT2D eigenvalue weighted by atomic mass is 9.98. The number of amides is 1. The molecule has 2 aromatic heterocycles. The monoisotopic (exact) mass is 380 g/mol. The fourth-order valence-corrected chi connectivity index (χ4v) is 4.87. The van der Waals surface area contributed by atoms with Crippen molar-refractivity contribution < 1.29 is 4.79 Å². The zero-order valence-corrected chi connectivity index (χ0v) is 15.7. The Balaban J connectivity index is 1.28. The fraction of sp³-hybridized carbons (Fsp3) is 0.350. The highest BCUT2D eigenvalue weighted by Gasteiger charge is 2.32. The highest BCUT2D eigenvalue weighted by atomic mass is 32.2. The molecule has 4 heterocycles. The van der Waals surface area contributed by atoms with E-state index in [1.165, 1.54) is 0 Å². The minimum absolute atomic E-state index is 0.0295. The standard InChI is InChI=1S/C20H20N4O2S/c25-19-8-14-12-27-7-5-17(14)22-24(19)11-13-9-23(10-13)20(26)16-2-1-3-18-15(16)4-6-21-18/h1-4,6,8,13,21H,5,7,9-12H2. The highest BCUT2D eigenvalue weighted by Crippen LogP contribution is 2.25. The molecule has 1 aromatic carbocycles. The van der Waals surface area contributed by atoms with E-state index in [9.17, 15) is 9.59 Å². The van der Waals surface area contributed by atoms with E-state index in [0.717, 1.165) is 45.7 Å². The molecule has 1 N–H and O–H groups in total. The molecule has 0 aliphatic carbocycles. The maximum atomic E-state index is 12.8. The van der Waals surface area contributed by atoms with Gasteiger partial charge in [0, 0.05) is 59.9 Å². The van der Waals surface area contributed by atoms with Crippen LogP contribution in [0.1, 0.15) is 21.6 Å². The third kappa shape index (κ3) is 2.96. The van der Waals surface area contributed by atoms with Gasteiger partial charge in [-0.1, -0.05) is 6.07 Å². The van der Waals surface area contributed by atoms with Crippen molar-refractivity contribution in [1.29, 1.82) is 0 Å². The maximum absolute atomic E-state index is 12.8. The van der Waals surface area contributed by atoms with E-state index >= 15 is 0 Å². The van der Waals surface area contributed by atoms with Crippen molar-refractivity contribution in [3.8, 4) is 0 Å². The van der Waals surface area contributed by atoms with Crippen LogP contribution in [0.5, 0.6) is 0 Å². The fourth-order valence-electron chi connectivity index (χ4n) is 3.92. The zero-order valence-electron chi connectivity index (χ0n) is 14.9. The Morgan fingerprint density at radius 1 is 1.30 bits per heavy atom. The molecule has 1 fully saturated rings. The first-order valence-electron chi connectivity index (χ1n) is 9.22. The van der Waals surface area contributed by atoms with Crippen molar-refractivity contribution in [3.05, 3.63) is 63.7 Å². The van der Waals surface area contributed by atoms with Gasteiger partial charge in [-0.2, -0.15) is 16.9 Å². The first-order chi connectivity index (χ1) is 13.2. The van der Waals surface area contributed by atoms with Crippen molar-refractivity contribution in [2.75, 3.05) is 18.8 Å². The Labute approximate surface area is 160 Å². The summed E-state index contributed by atoms with van der Waals surface area (Å²) in [6, 6.07) is 9.42. The molecule has 0 radical (unpaired) electrons. The molecule has 0 atom stereocenters. The van der Waals surface area contributed by atoms with Crippen LogP contribution in [-0.4, -0.2) is 44.4 Å². The first-order valence-corrected chi connectivity index (χ1v) is 10.4. The lowest BCUT2D eigenvalue weighted by Gasteiger charge is -2.39. The second-order valence-electron chi connectivity index (χ2n) is 7.26. The minimum Gasteiger partial charge on any atom is -0.361 e. The number of benzene rings is 1. The lowest BCUT2D eigenvalue weighted by molar-refractivity contribution is 0.0460. The number of aromatic nitrogens is 3. The Kier molecular flexibility index (Phi) is 4.04. The summed E-state index contributed by atoms with van der Waals surface area (Å²) in [5.74, 6) is 2.28. The van der Waals surface area contributed by atoms with Gasteiger partial charge in [-0.05, 0) is 29.5 Å². The first kappa shape index (κ1) is 16.6. The number of fused-ring (bicyclic) bond motifs is 2. The number of H-pyrrole nitrogens is 1. The summed E-state index contributed by atoms with van der Waals surface area (Å²) in [5, 5.41) is 5.53. The summed E-state index contributed by atoms with van der Waals surface area (Å²) in [7, 11) is 0. The summed E-state index contributed by atoms with van der Waals surface area (Å²) in [6.07, 6.45) is 2.78. The molecule has 2 aliphatic rings. The molecular weight excluding hydrogens is 360 g/mol. The van der Waals surface area contributed by atoms with Crippen LogP contribution in [-0.2, 0) is 18.7 Å². The average molecular weight is 380 g/mol. The number of hydrogen-bond donors (Lipinski definition) is 1. The van der Waals surface area contributed by atoms with E-state index in [4.69, 9.17) is 0 Å². The van der Waals surface area contributed by atoms with Crippen LogP contribution in [0.15, 0.2) is 41.3 Å². The van der Waals surface area contributed by atoms with Crippen molar-refractivity contribution in [1.82, 2.24) is 19.7 Å². The predicted octanol–water partition coefficient (Wildman–Crippen LogP) is 2.29. The smallest absolute Gasteiger partial charge is 0.267 e. The SMILES string of the molecule is O=C(c1cccc2[nH]ccc12)N1CC(Cn2nc3c(cc2=O)CSCC3)C1. The highest BCUT2D eigenvalue weighted by molar-refractivity contribution is 7.98. The van der Waals surface area contributed by atoms with E-state index in [0.29, 0.717) is 19.6 Å². The van der Waals surface area contributed by atoms with E-state index in [-0.39, 0.29) is 17.4 Å². The number of carbonyl (C=O) groups excluding carboxylic acids is 1. The largest absolute Gasteiger partial charge is 0.361 e. The Morgan fingerprint density at radius 3 is 3.07 bits per heavy atom. The van der Waals surface area contributed by atoms with Gasteiger partial charge in [0.2, 0.25) is 0 Å². The molecule has 1 amide bonds. The van der Waals surface area contributed by atoms with Crippen LogP contribution < -0.4 is 5.56 Å². The molecule has 2 aliphatic heterocycles. The van der Waals surface area contributed by atoms with E-state index < -0.39 is 0 Å². The quantitative estimate of drug-likeness (QED) is 0.757. The number of thioether (sulfide) groups is 1. The number of aromatic amines is 1. The third-order valence-corrected chi connectivity index (χ3v) is 6.41. The Hall–Kier alpha value is -2.54. The minimum atomic E-state index is -0.0295. The predicted molar refractivity (Wildman–Crippen MR) is 106 cm³/mol. The van der Waals surface area contributed by atoms with E-state index in [1.54, 1.807) is 10.7 Å². The number of hydrogen-bond acceptors (Lipinski definition) is 4. The van der Waals surface area contributed by atoms with Gasteiger partial charge in [0.1, 0.15) is 0 Å². The molecule has 1 saturated heterocycles. The summed E-state index contributed by atoms with van der Waals surface area (Å²) >= 11 is 1.85. The summed E-state index contributed by atoms with van der Waals surface area (Å²) in [4.78, 5) is 30.1. The number of likely N-dealkylation sites (tertiary alicyclic amines) is 1. The van der Waals surface area contributed by atoms with Gasteiger partial charge in [0.25, 0.3) is 11.5 Å². The molecule has 0 bridgehead atoms. The maximum Gasteiger partial charge on any atom is 0.267 e. The second kappa shape index (κ2) is 6.56. The zero-order chi connectivity index (χ0) is 18.4. The van der Waals surface area contributed by atoms with Gasteiger partial charge in [0.15, 0.2) is 0 Å². The summed E-state index contributed by atoms with van der Waals surface area (Å²) in [5.41, 5.74) is 3.81. The lowest BCUT2D eigenvalue weighted by Crippen LogP contribution is -2.52. The number of aryl methyl sites for hydroxylation is 1. The molecule has 0 unspecified atom stereocenters. The number of carbonyl (C=O) groups is 1. The van der Waals surface area contributed by atoms with E-state index in [2.05, 4.69) is 10.1 Å². The van der Waals surface area contributed by atoms with Crippen molar-refractivity contribution in [2.24, 2.45) is 5.92 Å². The number of nitrogens with one attached hydrogen (secondary N) is 1. The Bertz CT molecular complexity index is 1080. The molecule has 7 heteroatoms. The van der Waals surface area contributed by atoms with Crippen LogP contribution in [0.25, 0.3) is 10.9 Å². The van der Waals surface area contributed by atoms with Gasteiger partial charge >= 0.3 is 0 Å². The van der Waals surface area contributed by atoms with E-state index in [1.807, 2.05) is 47.1 Å². The van der Waals surface area contributed by atoms with Crippen LogP contribution in [0.4, 0.5) is 0 Å². The molecular formula is C20H20N4O2S.